The van der Waals surface area contributed by atoms with E-state index in [1.54, 1.807) is 4.90 Å². The number of fused-ring (bicyclic) bond motifs is 1. The fourth-order valence-electron chi connectivity index (χ4n) is 2.90. The molecule has 2 aliphatic heterocycles. The molecule has 0 unspecified atom stereocenters. The zero-order chi connectivity index (χ0) is 16.6. The van der Waals surface area contributed by atoms with Gasteiger partial charge in [-0.3, -0.25) is 4.79 Å². The lowest BCUT2D eigenvalue weighted by Gasteiger charge is -2.21. The van der Waals surface area contributed by atoms with E-state index in [-0.39, 0.29) is 23.8 Å². The molecule has 23 heavy (non-hydrogen) atoms. The summed E-state index contributed by atoms with van der Waals surface area (Å²) in [4.78, 5) is 21.9. The lowest BCUT2D eigenvalue weighted by molar-refractivity contribution is 0.0489. The van der Waals surface area contributed by atoms with Crippen molar-refractivity contribution in [2.45, 2.75) is 6.10 Å². The van der Waals surface area contributed by atoms with Gasteiger partial charge in [-0.05, 0) is 0 Å². The summed E-state index contributed by atoms with van der Waals surface area (Å²) in [6.45, 7) is 1.86. The molecule has 8 nitrogen and oxygen atoms in total. The molecule has 1 aromatic rings. The van der Waals surface area contributed by atoms with Crippen LogP contribution < -0.4 is 0 Å². The van der Waals surface area contributed by atoms with Crippen LogP contribution in [0.3, 0.4) is 0 Å². The van der Waals surface area contributed by atoms with Crippen LogP contribution in [0.4, 0.5) is 0 Å². The second-order valence-corrected chi connectivity index (χ2v) is 8.14. The van der Waals surface area contributed by atoms with Gasteiger partial charge < -0.3 is 9.64 Å². The highest BCUT2D eigenvalue weighted by atomic mass is 35.5. The van der Waals surface area contributed by atoms with Crippen molar-refractivity contribution in [3.63, 3.8) is 0 Å². The van der Waals surface area contributed by atoms with E-state index < -0.39 is 10.0 Å². The summed E-state index contributed by atoms with van der Waals surface area (Å²) in [7, 11) is -3.27. The number of sulfonamides is 1. The van der Waals surface area contributed by atoms with Gasteiger partial charge in [0.05, 0.1) is 24.0 Å². The molecule has 0 radical (unpaired) electrons. The minimum absolute atomic E-state index is 0.0523. The number of rotatable bonds is 2. The first-order chi connectivity index (χ1) is 10.8. The first-order valence-electron chi connectivity index (χ1n) is 7.18. The predicted octanol–water partition coefficient (Wildman–Crippen LogP) is -0.138. The number of carbonyl (C=O) groups is 1. The standard InChI is InChI=1S/C13H17ClN4O4S/c1-23(20,21)18-2-3-22-11-8-17(6-9(11)7-18)13(19)12-15-4-10(14)5-16-12/h4-5,9,11H,2-3,6-8H2,1H3/t9-,11-/m1/s1. The quantitative estimate of drug-likeness (QED) is 0.729. The first kappa shape index (κ1) is 16.6. The van der Waals surface area contributed by atoms with Crippen molar-refractivity contribution in [2.75, 3.05) is 39.0 Å². The van der Waals surface area contributed by atoms with Crippen molar-refractivity contribution in [3.8, 4) is 0 Å². The topological polar surface area (TPSA) is 92.7 Å². The third-order valence-corrected chi connectivity index (χ3v) is 5.52. The molecule has 2 aliphatic rings. The van der Waals surface area contributed by atoms with Crippen LogP contribution >= 0.6 is 11.6 Å². The van der Waals surface area contributed by atoms with Crippen LogP contribution in [0.2, 0.25) is 5.02 Å². The fourth-order valence-corrected chi connectivity index (χ4v) is 3.86. The molecule has 2 atom stereocenters. The van der Waals surface area contributed by atoms with Gasteiger partial charge in [-0.2, -0.15) is 4.31 Å². The van der Waals surface area contributed by atoms with Gasteiger partial charge in [-0.1, -0.05) is 11.6 Å². The molecule has 2 saturated heterocycles. The fraction of sp³-hybridized carbons (Fsp3) is 0.615. The number of nitrogens with zero attached hydrogens (tertiary/aromatic N) is 4. The zero-order valence-electron chi connectivity index (χ0n) is 12.6. The maximum absolute atomic E-state index is 12.4. The normalized spacial score (nSPS) is 25.9. The minimum Gasteiger partial charge on any atom is -0.375 e. The molecule has 3 rings (SSSR count). The van der Waals surface area contributed by atoms with Crippen LogP contribution in [0.5, 0.6) is 0 Å². The van der Waals surface area contributed by atoms with E-state index >= 15 is 0 Å². The number of aromatic nitrogens is 2. The number of amides is 1. The Morgan fingerprint density at radius 2 is 2.00 bits per heavy atom. The Labute approximate surface area is 139 Å². The highest BCUT2D eigenvalue weighted by Gasteiger charge is 2.40. The highest BCUT2D eigenvalue weighted by Crippen LogP contribution is 2.25. The molecular weight excluding hydrogens is 344 g/mol. The highest BCUT2D eigenvalue weighted by molar-refractivity contribution is 7.88. The third kappa shape index (κ3) is 3.63. The van der Waals surface area contributed by atoms with Gasteiger partial charge in [0.2, 0.25) is 15.8 Å². The number of halogens is 1. The van der Waals surface area contributed by atoms with Gasteiger partial charge in [0.1, 0.15) is 0 Å². The lowest BCUT2D eigenvalue weighted by Crippen LogP contribution is -2.37. The molecule has 1 amide bonds. The van der Waals surface area contributed by atoms with E-state index in [4.69, 9.17) is 16.3 Å². The van der Waals surface area contributed by atoms with Gasteiger partial charge in [-0.25, -0.2) is 18.4 Å². The van der Waals surface area contributed by atoms with Gasteiger partial charge in [0.15, 0.2) is 0 Å². The largest absolute Gasteiger partial charge is 0.375 e. The van der Waals surface area contributed by atoms with Crippen LogP contribution in [0.25, 0.3) is 0 Å². The molecule has 0 spiro atoms. The van der Waals surface area contributed by atoms with E-state index in [9.17, 15) is 13.2 Å². The van der Waals surface area contributed by atoms with Gasteiger partial charge >= 0.3 is 0 Å². The first-order valence-corrected chi connectivity index (χ1v) is 9.41. The SMILES string of the molecule is CS(=O)(=O)N1CCO[C@@H]2CN(C(=O)c3ncc(Cl)cn3)C[C@@H]2C1. The Morgan fingerprint density at radius 1 is 1.30 bits per heavy atom. The maximum atomic E-state index is 12.4. The van der Waals surface area contributed by atoms with Gasteiger partial charge in [-0.15, -0.1) is 0 Å². The number of hydrogen-bond acceptors (Lipinski definition) is 6. The molecule has 126 valence electrons. The molecule has 3 heterocycles. The summed E-state index contributed by atoms with van der Waals surface area (Å²) < 4.78 is 30.6. The van der Waals surface area contributed by atoms with Gasteiger partial charge in [0, 0.05) is 44.5 Å². The second kappa shape index (κ2) is 6.31. The molecule has 1 aromatic heterocycles. The summed E-state index contributed by atoms with van der Waals surface area (Å²) >= 11 is 5.72. The van der Waals surface area contributed by atoms with Crippen LogP contribution in [0, 0.1) is 5.92 Å². The molecule has 0 N–H and O–H groups in total. The summed E-state index contributed by atoms with van der Waals surface area (Å²) in [6.07, 6.45) is 3.76. The lowest BCUT2D eigenvalue weighted by atomic mass is 10.1. The Bertz CT molecular complexity index is 696. The van der Waals surface area contributed by atoms with Crippen molar-refractivity contribution >= 4 is 27.5 Å². The predicted molar refractivity (Wildman–Crippen MR) is 82.6 cm³/mol. The molecule has 10 heteroatoms. The molecule has 0 saturated carbocycles. The smallest absolute Gasteiger partial charge is 0.291 e. The maximum Gasteiger partial charge on any atom is 0.291 e. The summed E-state index contributed by atoms with van der Waals surface area (Å²) in [5, 5.41) is 0.361. The van der Waals surface area contributed by atoms with Crippen molar-refractivity contribution in [3.05, 3.63) is 23.2 Å². The van der Waals surface area contributed by atoms with E-state index in [2.05, 4.69) is 9.97 Å². The Balaban J connectivity index is 1.72. The Kier molecular flexibility index (Phi) is 4.54. The average molecular weight is 361 g/mol. The van der Waals surface area contributed by atoms with E-state index in [0.29, 0.717) is 37.8 Å². The molecule has 0 bridgehead atoms. The minimum atomic E-state index is -3.27. The van der Waals surface area contributed by atoms with Crippen molar-refractivity contribution < 1.29 is 17.9 Å². The number of carbonyl (C=O) groups excluding carboxylic acids is 1. The third-order valence-electron chi connectivity index (χ3n) is 4.06. The Hall–Kier alpha value is -1.29. The number of ether oxygens (including phenoxy) is 1. The summed E-state index contributed by atoms with van der Waals surface area (Å²) in [5.74, 6) is -0.279. The number of hydrogen-bond donors (Lipinski definition) is 0. The summed E-state index contributed by atoms with van der Waals surface area (Å²) in [5.41, 5.74) is 0. The van der Waals surface area contributed by atoms with Gasteiger partial charge in [0.25, 0.3) is 5.91 Å². The zero-order valence-corrected chi connectivity index (χ0v) is 14.1. The van der Waals surface area contributed by atoms with Crippen molar-refractivity contribution in [1.29, 1.82) is 0 Å². The van der Waals surface area contributed by atoms with Crippen LogP contribution in [-0.2, 0) is 14.8 Å². The molecule has 0 aromatic carbocycles. The van der Waals surface area contributed by atoms with Crippen LogP contribution in [0.1, 0.15) is 10.6 Å². The van der Waals surface area contributed by atoms with Crippen molar-refractivity contribution in [2.24, 2.45) is 5.92 Å². The van der Waals surface area contributed by atoms with E-state index in [1.165, 1.54) is 23.0 Å². The Morgan fingerprint density at radius 3 is 2.65 bits per heavy atom. The molecule has 0 aliphatic carbocycles. The molecule has 2 fully saturated rings. The van der Waals surface area contributed by atoms with Crippen LogP contribution in [0.15, 0.2) is 12.4 Å². The van der Waals surface area contributed by atoms with E-state index in [1.807, 2.05) is 0 Å². The summed E-state index contributed by atoms with van der Waals surface area (Å²) in [6, 6.07) is 0. The second-order valence-electron chi connectivity index (χ2n) is 5.73. The molecular formula is C13H17ClN4O4S. The van der Waals surface area contributed by atoms with E-state index in [0.717, 1.165) is 0 Å². The number of likely N-dealkylation sites (tertiary alicyclic amines) is 1. The average Bonchev–Trinajstić information content (AvgIpc) is 2.78. The monoisotopic (exact) mass is 360 g/mol. The van der Waals surface area contributed by atoms with Crippen molar-refractivity contribution in [1.82, 2.24) is 19.2 Å². The van der Waals surface area contributed by atoms with Crippen LogP contribution in [-0.4, -0.2) is 78.6 Å².